The summed E-state index contributed by atoms with van der Waals surface area (Å²) in [6.07, 6.45) is 8.89. The Morgan fingerprint density at radius 1 is 1.07 bits per heavy atom. The van der Waals surface area contributed by atoms with Gasteiger partial charge in [-0.2, -0.15) is 0 Å². The minimum Gasteiger partial charge on any atom is -0.447 e. The number of carbonyl (C=O) groups excluding carboxylic acids is 1. The third kappa shape index (κ3) is 6.35. The van der Waals surface area contributed by atoms with Gasteiger partial charge in [-0.15, -0.1) is 5.73 Å². The Morgan fingerprint density at radius 2 is 1.77 bits per heavy atom. The molecule has 4 heteroatoms. The van der Waals surface area contributed by atoms with Crippen molar-refractivity contribution in [2.75, 3.05) is 19.8 Å². The van der Waals surface area contributed by atoms with Crippen LogP contribution in [0.4, 0.5) is 4.79 Å². The van der Waals surface area contributed by atoms with E-state index in [1.807, 2.05) is 72.8 Å². The van der Waals surface area contributed by atoms with Gasteiger partial charge in [0.05, 0.1) is 25.0 Å². The van der Waals surface area contributed by atoms with Gasteiger partial charge in [0.15, 0.2) is 0 Å². The van der Waals surface area contributed by atoms with Crippen molar-refractivity contribution in [2.45, 2.75) is 18.9 Å². The zero-order chi connectivity index (χ0) is 21.0. The number of amides is 1. The number of hydrogen-bond acceptors (Lipinski definition) is 3. The summed E-state index contributed by atoms with van der Waals surface area (Å²) in [5.41, 5.74) is 5.95. The molecular formula is C26H27NO3. The van der Waals surface area contributed by atoms with Crippen LogP contribution >= 0.6 is 0 Å². The first-order valence-electron chi connectivity index (χ1n) is 10.1. The second-order valence-electron chi connectivity index (χ2n) is 6.94. The van der Waals surface area contributed by atoms with Crippen molar-refractivity contribution < 1.29 is 14.3 Å². The molecule has 0 aromatic heterocycles. The lowest BCUT2D eigenvalue weighted by atomic mass is 10.1. The number of ether oxygens (including phenoxy) is 2. The van der Waals surface area contributed by atoms with Gasteiger partial charge < -0.3 is 9.47 Å². The molecule has 3 rings (SSSR count). The lowest BCUT2D eigenvalue weighted by molar-refractivity contribution is 0.164. The highest BCUT2D eigenvalue weighted by atomic mass is 16.6. The predicted molar refractivity (Wildman–Crippen MR) is 120 cm³/mol. The van der Waals surface area contributed by atoms with Crippen molar-refractivity contribution in [3.8, 4) is 0 Å². The minimum atomic E-state index is -0.335. The van der Waals surface area contributed by atoms with Gasteiger partial charge in [-0.05, 0) is 17.5 Å². The number of carbonyl (C=O) groups is 1. The number of hydrogen-bond donors (Lipinski definition) is 0. The van der Waals surface area contributed by atoms with Gasteiger partial charge in [-0.25, -0.2) is 4.79 Å². The first kappa shape index (κ1) is 21.4. The molecule has 1 aliphatic heterocycles. The highest BCUT2D eigenvalue weighted by Gasteiger charge is 2.35. The lowest BCUT2D eigenvalue weighted by Gasteiger charge is -2.22. The van der Waals surface area contributed by atoms with Crippen LogP contribution in [-0.4, -0.2) is 36.9 Å². The van der Waals surface area contributed by atoms with Crippen LogP contribution in [0.5, 0.6) is 0 Å². The molecule has 1 saturated heterocycles. The molecule has 1 heterocycles. The molecule has 0 saturated carbocycles. The Kier molecular flexibility index (Phi) is 8.28. The molecule has 0 spiro atoms. The van der Waals surface area contributed by atoms with E-state index < -0.39 is 0 Å². The van der Waals surface area contributed by atoms with Gasteiger partial charge in [0, 0.05) is 6.42 Å². The van der Waals surface area contributed by atoms with Gasteiger partial charge in [0.2, 0.25) is 0 Å². The Bertz CT molecular complexity index is 912. The van der Waals surface area contributed by atoms with Crippen LogP contribution in [0.3, 0.4) is 0 Å². The summed E-state index contributed by atoms with van der Waals surface area (Å²) in [6.45, 7) is 5.18. The molecule has 2 aromatic carbocycles. The molecule has 154 valence electrons. The van der Waals surface area contributed by atoms with Crippen molar-refractivity contribution in [2.24, 2.45) is 0 Å². The van der Waals surface area contributed by atoms with E-state index in [1.165, 1.54) is 5.56 Å². The van der Waals surface area contributed by atoms with E-state index in [9.17, 15) is 4.79 Å². The molecule has 0 N–H and O–H groups in total. The first-order valence-corrected chi connectivity index (χ1v) is 10.1. The summed E-state index contributed by atoms with van der Waals surface area (Å²) in [5, 5.41) is 0. The molecule has 0 bridgehead atoms. The number of rotatable bonds is 10. The standard InChI is InChI=1S/C26H27NO3/c1-2-24(17-9-10-18-29-19-11-16-22-12-5-3-6-13-22)27-25(21-30-26(27)28)20-23-14-7-4-8-15-23/h3-16,25H,1,17-21H2/b10-9-,16-11+/t25-/m1/s1. The topological polar surface area (TPSA) is 38.8 Å². The lowest BCUT2D eigenvalue weighted by Crippen LogP contribution is -2.34. The smallest absolute Gasteiger partial charge is 0.414 e. The quantitative estimate of drug-likeness (QED) is 0.304. The third-order valence-electron chi connectivity index (χ3n) is 4.79. The number of allylic oxidation sites excluding steroid dienone is 1. The summed E-state index contributed by atoms with van der Waals surface area (Å²) in [4.78, 5) is 13.9. The molecular weight excluding hydrogens is 374 g/mol. The second kappa shape index (κ2) is 11.6. The summed E-state index contributed by atoms with van der Waals surface area (Å²) < 4.78 is 10.9. The zero-order valence-electron chi connectivity index (χ0n) is 17.1. The Labute approximate surface area is 178 Å². The van der Waals surface area contributed by atoms with Crippen LogP contribution in [0.2, 0.25) is 0 Å². The SMILES string of the molecule is C=C=C(C/C=C\COC/C=C/c1ccccc1)N1C(=O)OC[C@H]1Cc1ccccc1. The molecule has 0 aliphatic carbocycles. The summed E-state index contributed by atoms with van der Waals surface area (Å²) in [7, 11) is 0. The van der Waals surface area contributed by atoms with Crippen molar-refractivity contribution in [3.05, 3.63) is 108 Å². The highest BCUT2D eigenvalue weighted by molar-refractivity contribution is 5.72. The van der Waals surface area contributed by atoms with E-state index in [2.05, 4.69) is 24.4 Å². The number of nitrogens with zero attached hydrogens (tertiary/aromatic N) is 1. The fourth-order valence-electron chi connectivity index (χ4n) is 3.30. The minimum absolute atomic E-state index is 0.0445. The van der Waals surface area contributed by atoms with E-state index in [0.29, 0.717) is 26.2 Å². The maximum atomic E-state index is 12.3. The van der Waals surface area contributed by atoms with Gasteiger partial charge in [0.1, 0.15) is 6.61 Å². The largest absolute Gasteiger partial charge is 0.447 e. The van der Waals surface area contributed by atoms with E-state index in [4.69, 9.17) is 9.47 Å². The maximum absolute atomic E-state index is 12.3. The monoisotopic (exact) mass is 401 g/mol. The van der Waals surface area contributed by atoms with Gasteiger partial charge in [-0.3, -0.25) is 4.90 Å². The fraction of sp³-hybridized carbons (Fsp3) is 0.231. The van der Waals surface area contributed by atoms with Gasteiger partial charge in [-0.1, -0.05) is 91.5 Å². The average Bonchev–Trinajstić information content (AvgIpc) is 3.14. The van der Waals surface area contributed by atoms with Crippen LogP contribution in [0, 0.1) is 0 Å². The molecule has 4 nitrogen and oxygen atoms in total. The normalized spacial score (nSPS) is 16.2. The molecule has 1 aliphatic rings. The van der Waals surface area contributed by atoms with E-state index in [0.717, 1.165) is 17.7 Å². The molecule has 30 heavy (non-hydrogen) atoms. The highest BCUT2D eigenvalue weighted by Crippen LogP contribution is 2.23. The maximum Gasteiger partial charge on any atom is 0.414 e. The van der Waals surface area contributed by atoms with Crippen molar-refractivity contribution in [1.82, 2.24) is 4.90 Å². The molecule has 0 radical (unpaired) electrons. The second-order valence-corrected chi connectivity index (χ2v) is 6.94. The van der Waals surface area contributed by atoms with Crippen LogP contribution in [0.15, 0.2) is 96.9 Å². The number of benzene rings is 2. The Morgan fingerprint density at radius 3 is 2.50 bits per heavy atom. The predicted octanol–water partition coefficient (Wildman–Crippen LogP) is 5.40. The Hall–Kier alpha value is -3.33. The van der Waals surface area contributed by atoms with Crippen LogP contribution < -0.4 is 0 Å². The van der Waals surface area contributed by atoms with Crippen molar-refractivity contribution >= 4 is 12.2 Å². The average molecular weight is 402 g/mol. The van der Waals surface area contributed by atoms with Crippen LogP contribution in [-0.2, 0) is 15.9 Å². The van der Waals surface area contributed by atoms with Crippen molar-refractivity contribution in [1.29, 1.82) is 0 Å². The molecule has 1 atom stereocenters. The van der Waals surface area contributed by atoms with E-state index >= 15 is 0 Å². The van der Waals surface area contributed by atoms with Crippen LogP contribution in [0.1, 0.15) is 17.5 Å². The first-order chi connectivity index (χ1) is 14.8. The van der Waals surface area contributed by atoms with E-state index in [-0.39, 0.29) is 12.1 Å². The number of cyclic esters (lactones) is 1. The molecule has 1 fully saturated rings. The third-order valence-corrected chi connectivity index (χ3v) is 4.79. The molecule has 0 unspecified atom stereocenters. The van der Waals surface area contributed by atoms with Gasteiger partial charge in [0.25, 0.3) is 0 Å². The van der Waals surface area contributed by atoms with Crippen LogP contribution in [0.25, 0.3) is 6.08 Å². The Balaban J connectivity index is 1.45. The van der Waals surface area contributed by atoms with E-state index in [1.54, 1.807) is 4.90 Å². The zero-order valence-corrected chi connectivity index (χ0v) is 17.1. The fourth-order valence-corrected chi connectivity index (χ4v) is 3.30. The summed E-state index contributed by atoms with van der Waals surface area (Å²) in [5.74, 6) is 0. The molecule has 2 aromatic rings. The van der Waals surface area contributed by atoms with Crippen molar-refractivity contribution in [3.63, 3.8) is 0 Å². The summed E-state index contributed by atoms with van der Waals surface area (Å²) in [6, 6.07) is 20.2. The molecule has 1 amide bonds. The summed E-state index contributed by atoms with van der Waals surface area (Å²) >= 11 is 0. The van der Waals surface area contributed by atoms with Gasteiger partial charge >= 0.3 is 6.09 Å².